The Labute approximate surface area is 225 Å². The van der Waals surface area contributed by atoms with Gasteiger partial charge in [-0.25, -0.2) is 8.42 Å². The second-order valence-electron chi connectivity index (χ2n) is 8.92. The first kappa shape index (κ1) is 30.8. The Kier molecular flexibility index (Phi) is 11.2. The molecule has 11 heteroatoms. The van der Waals surface area contributed by atoms with Crippen molar-refractivity contribution in [2.45, 2.75) is 52.2 Å². The van der Waals surface area contributed by atoms with Crippen molar-refractivity contribution in [2.75, 3.05) is 38.4 Å². The van der Waals surface area contributed by atoms with E-state index >= 15 is 0 Å². The minimum atomic E-state index is -3.93. The van der Waals surface area contributed by atoms with Gasteiger partial charge in [-0.1, -0.05) is 26.0 Å². The van der Waals surface area contributed by atoms with E-state index < -0.39 is 28.5 Å². The lowest BCUT2D eigenvalue weighted by Gasteiger charge is -2.33. The molecule has 2 aromatic rings. The molecule has 2 amide bonds. The fourth-order valence-corrected chi connectivity index (χ4v) is 4.72. The number of sulfonamides is 1. The van der Waals surface area contributed by atoms with Crippen LogP contribution >= 0.6 is 0 Å². The van der Waals surface area contributed by atoms with Gasteiger partial charge in [0, 0.05) is 18.7 Å². The van der Waals surface area contributed by atoms with Crippen LogP contribution in [0.3, 0.4) is 0 Å². The van der Waals surface area contributed by atoms with Gasteiger partial charge < -0.3 is 24.4 Å². The molecular formula is C27H39N3O7S. The van der Waals surface area contributed by atoms with Gasteiger partial charge in [0.05, 0.1) is 33.3 Å². The van der Waals surface area contributed by atoms with Crippen LogP contribution in [0.5, 0.6) is 17.2 Å². The van der Waals surface area contributed by atoms with E-state index in [0.717, 1.165) is 22.5 Å². The maximum Gasteiger partial charge on any atom is 0.244 e. The number of methoxy groups -OCH3 is 3. The third-order valence-corrected chi connectivity index (χ3v) is 7.36. The van der Waals surface area contributed by atoms with E-state index in [1.54, 1.807) is 43.5 Å². The van der Waals surface area contributed by atoms with Crippen molar-refractivity contribution in [3.63, 3.8) is 0 Å². The van der Waals surface area contributed by atoms with Crippen LogP contribution in [0.15, 0.2) is 42.5 Å². The molecule has 0 radical (unpaired) electrons. The van der Waals surface area contributed by atoms with Crippen LogP contribution in [-0.2, 0) is 26.2 Å². The highest BCUT2D eigenvalue weighted by molar-refractivity contribution is 7.92. The van der Waals surface area contributed by atoms with Gasteiger partial charge in [0.2, 0.25) is 21.8 Å². The zero-order valence-corrected chi connectivity index (χ0v) is 24.0. The third-order valence-electron chi connectivity index (χ3n) is 6.23. The molecule has 0 saturated heterocycles. The second kappa shape index (κ2) is 13.9. The first-order valence-corrected chi connectivity index (χ1v) is 14.3. The smallest absolute Gasteiger partial charge is 0.244 e. The second-order valence-corrected chi connectivity index (χ2v) is 10.8. The Morgan fingerprint density at radius 1 is 0.921 bits per heavy atom. The summed E-state index contributed by atoms with van der Waals surface area (Å²) in [5, 5.41) is 2.95. The Bertz CT molecular complexity index is 1190. The molecule has 38 heavy (non-hydrogen) atoms. The van der Waals surface area contributed by atoms with Crippen molar-refractivity contribution in [1.29, 1.82) is 0 Å². The highest BCUT2D eigenvalue weighted by Crippen LogP contribution is 2.34. The van der Waals surface area contributed by atoms with E-state index in [2.05, 4.69) is 5.32 Å². The molecule has 0 aliphatic heterocycles. The first-order chi connectivity index (χ1) is 18.0. The van der Waals surface area contributed by atoms with Gasteiger partial charge >= 0.3 is 0 Å². The summed E-state index contributed by atoms with van der Waals surface area (Å²) in [4.78, 5) is 28.5. The van der Waals surface area contributed by atoms with E-state index in [9.17, 15) is 18.0 Å². The molecule has 2 rings (SSSR count). The Balaban J connectivity index is 2.52. The molecule has 0 saturated carbocycles. The zero-order valence-electron chi connectivity index (χ0n) is 23.2. The highest BCUT2D eigenvalue weighted by Gasteiger charge is 2.33. The molecule has 2 atom stereocenters. The predicted molar refractivity (Wildman–Crippen MR) is 147 cm³/mol. The highest BCUT2D eigenvalue weighted by atomic mass is 32.2. The maximum absolute atomic E-state index is 13.9. The largest absolute Gasteiger partial charge is 0.497 e. The summed E-state index contributed by atoms with van der Waals surface area (Å²) in [6.07, 6.45) is 2.08. The van der Waals surface area contributed by atoms with Gasteiger partial charge in [0.15, 0.2) is 0 Å². The van der Waals surface area contributed by atoms with Crippen molar-refractivity contribution in [2.24, 2.45) is 0 Å². The molecule has 210 valence electrons. The Morgan fingerprint density at radius 2 is 1.53 bits per heavy atom. The van der Waals surface area contributed by atoms with E-state index in [-0.39, 0.29) is 29.9 Å². The summed E-state index contributed by atoms with van der Waals surface area (Å²) >= 11 is 0. The summed E-state index contributed by atoms with van der Waals surface area (Å²) < 4.78 is 42.7. The third kappa shape index (κ3) is 8.01. The fraction of sp³-hybridized carbons (Fsp3) is 0.481. The summed E-state index contributed by atoms with van der Waals surface area (Å²) in [5.74, 6) is 0.473. The van der Waals surface area contributed by atoms with E-state index in [0.29, 0.717) is 17.9 Å². The topological polar surface area (TPSA) is 114 Å². The average Bonchev–Trinajstić information content (AvgIpc) is 2.90. The number of ether oxygens (including phenoxy) is 3. The minimum absolute atomic E-state index is 0.0805. The number of carbonyl (C=O) groups is 2. The van der Waals surface area contributed by atoms with Gasteiger partial charge in [0.1, 0.15) is 29.8 Å². The molecule has 0 spiro atoms. The van der Waals surface area contributed by atoms with Crippen molar-refractivity contribution < 1.29 is 32.2 Å². The average molecular weight is 550 g/mol. The number of amides is 2. The van der Waals surface area contributed by atoms with E-state index in [1.165, 1.54) is 25.2 Å². The van der Waals surface area contributed by atoms with Crippen LogP contribution < -0.4 is 23.8 Å². The SMILES string of the molecule is CCC(C)NC(=O)C(CC)N(Cc1ccc(OC)cc1)C(=O)CN(c1cc(OC)ccc1OC)S(C)(=O)=O. The number of hydrogen-bond acceptors (Lipinski definition) is 7. The van der Waals surface area contributed by atoms with Crippen LogP contribution in [-0.4, -0.2) is 71.3 Å². The number of nitrogens with one attached hydrogen (secondary N) is 1. The molecule has 0 aliphatic carbocycles. The summed E-state index contributed by atoms with van der Waals surface area (Å²) in [7, 11) is 0.502. The monoisotopic (exact) mass is 549 g/mol. The van der Waals surface area contributed by atoms with Crippen molar-refractivity contribution in [1.82, 2.24) is 10.2 Å². The molecule has 2 unspecified atom stereocenters. The fourth-order valence-electron chi connectivity index (χ4n) is 3.87. The molecule has 1 N–H and O–H groups in total. The number of rotatable bonds is 14. The standard InChI is InChI=1S/C27H39N3O7S/c1-8-19(3)28-27(32)23(9-2)29(17-20-10-12-21(35-4)13-11-20)26(31)18-30(38(7,33)34)24-16-22(36-5)14-15-25(24)37-6/h10-16,19,23H,8-9,17-18H2,1-7H3,(H,28,32). The Morgan fingerprint density at radius 3 is 2.03 bits per heavy atom. The zero-order chi connectivity index (χ0) is 28.5. The summed E-state index contributed by atoms with van der Waals surface area (Å²) in [6, 6.07) is 10.9. The van der Waals surface area contributed by atoms with Crippen LogP contribution in [0.1, 0.15) is 39.2 Å². The molecule has 0 heterocycles. The number of nitrogens with zero attached hydrogens (tertiary/aromatic N) is 2. The summed E-state index contributed by atoms with van der Waals surface area (Å²) in [6.45, 7) is 5.22. The molecule has 0 aliphatic rings. The number of benzene rings is 2. The molecule has 0 fully saturated rings. The van der Waals surface area contributed by atoms with Gasteiger partial charge in [0.25, 0.3) is 0 Å². The minimum Gasteiger partial charge on any atom is -0.497 e. The van der Waals surface area contributed by atoms with Gasteiger partial charge in [-0.15, -0.1) is 0 Å². The number of anilines is 1. The molecule has 2 aromatic carbocycles. The van der Waals surface area contributed by atoms with Crippen LogP contribution in [0.2, 0.25) is 0 Å². The van der Waals surface area contributed by atoms with Crippen LogP contribution in [0.4, 0.5) is 5.69 Å². The molecular weight excluding hydrogens is 510 g/mol. The lowest BCUT2D eigenvalue weighted by molar-refractivity contribution is -0.140. The van der Waals surface area contributed by atoms with Crippen LogP contribution in [0, 0.1) is 0 Å². The first-order valence-electron chi connectivity index (χ1n) is 12.4. The maximum atomic E-state index is 13.9. The molecule has 0 aromatic heterocycles. The predicted octanol–water partition coefficient (Wildman–Crippen LogP) is 3.20. The lowest BCUT2D eigenvalue weighted by Crippen LogP contribution is -2.53. The van der Waals surface area contributed by atoms with Crippen molar-refractivity contribution in [3.8, 4) is 17.2 Å². The lowest BCUT2D eigenvalue weighted by atomic mass is 10.1. The van der Waals surface area contributed by atoms with Crippen LogP contribution in [0.25, 0.3) is 0 Å². The molecule has 0 bridgehead atoms. The van der Waals surface area contributed by atoms with E-state index in [4.69, 9.17) is 14.2 Å². The number of hydrogen-bond donors (Lipinski definition) is 1. The normalized spacial score (nSPS) is 12.7. The van der Waals surface area contributed by atoms with Crippen molar-refractivity contribution >= 4 is 27.5 Å². The van der Waals surface area contributed by atoms with Gasteiger partial charge in [-0.2, -0.15) is 0 Å². The number of carbonyl (C=O) groups excluding carboxylic acids is 2. The van der Waals surface area contributed by atoms with E-state index in [1.807, 2.05) is 20.8 Å². The van der Waals surface area contributed by atoms with Crippen molar-refractivity contribution in [3.05, 3.63) is 48.0 Å². The van der Waals surface area contributed by atoms with Gasteiger partial charge in [-0.3, -0.25) is 13.9 Å². The molecule has 10 nitrogen and oxygen atoms in total. The Hall–Kier alpha value is -3.47. The van der Waals surface area contributed by atoms with Gasteiger partial charge in [-0.05, 0) is 49.6 Å². The quantitative estimate of drug-likeness (QED) is 0.385. The summed E-state index contributed by atoms with van der Waals surface area (Å²) in [5.41, 5.74) is 0.919.